The average Bonchev–Trinajstić information content (AvgIpc) is 2.03. The van der Waals surface area contributed by atoms with Gasteiger partial charge >= 0.3 is 0 Å². The van der Waals surface area contributed by atoms with E-state index in [4.69, 9.17) is 0 Å². The molecule has 0 aliphatic carbocycles. The maximum absolute atomic E-state index is 10.4. The zero-order valence-corrected chi connectivity index (χ0v) is 7.80. The second kappa shape index (κ2) is 3.54. The van der Waals surface area contributed by atoms with E-state index in [1.54, 1.807) is 18.2 Å². The summed E-state index contributed by atoms with van der Waals surface area (Å²) in [5.41, 5.74) is 0.556. The topological polar surface area (TPSA) is 40.1 Å². The van der Waals surface area contributed by atoms with Crippen molar-refractivity contribution in [2.45, 2.75) is 0 Å². The summed E-state index contributed by atoms with van der Waals surface area (Å²) in [6.07, 6.45) is 0. The molecule has 0 atom stereocenters. The summed E-state index contributed by atoms with van der Waals surface area (Å²) in [7, 11) is 0. The molecule has 0 aliphatic heterocycles. The average molecular weight is 226 g/mol. The second-order valence-electron chi connectivity index (χ2n) is 2.28. The van der Waals surface area contributed by atoms with Crippen LogP contribution in [0.5, 0.6) is 0 Å². The number of carboxylic acids is 1. The SMILES string of the molecule is C=C(C(=O)[O-])c1cccc(Br)c1. The number of aliphatic carboxylic acids is 1. The van der Waals surface area contributed by atoms with Crippen LogP contribution < -0.4 is 5.11 Å². The highest BCUT2D eigenvalue weighted by molar-refractivity contribution is 9.10. The Hall–Kier alpha value is -1.09. The molecule has 0 spiro atoms. The monoisotopic (exact) mass is 225 g/mol. The summed E-state index contributed by atoms with van der Waals surface area (Å²) in [4.78, 5) is 10.4. The molecule has 0 aromatic heterocycles. The van der Waals surface area contributed by atoms with Crippen molar-refractivity contribution in [2.75, 3.05) is 0 Å². The molecular formula is C9H6BrO2-. The number of rotatable bonds is 2. The largest absolute Gasteiger partial charge is 0.545 e. The van der Waals surface area contributed by atoms with Gasteiger partial charge in [0.2, 0.25) is 0 Å². The van der Waals surface area contributed by atoms with Gasteiger partial charge in [-0.05, 0) is 23.3 Å². The molecule has 1 rings (SSSR count). The van der Waals surface area contributed by atoms with E-state index in [1.807, 2.05) is 6.07 Å². The fourth-order valence-electron chi connectivity index (χ4n) is 0.794. The van der Waals surface area contributed by atoms with Crippen molar-refractivity contribution in [3.8, 4) is 0 Å². The Labute approximate surface area is 78.7 Å². The summed E-state index contributed by atoms with van der Waals surface area (Å²) >= 11 is 3.23. The predicted octanol–water partition coefficient (Wildman–Crippen LogP) is 1.21. The van der Waals surface area contributed by atoms with E-state index in [1.165, 1.54) is 0 Å². The van der Waals surface area contributed by atoms with Crippen LogP contribution in [0.4, 0.5) is 0 Å². The van der Waals surface area contributed by atoms with Gasteiger partial charge in [-0.25, -0.2) is 0 Å². The highest BCUT2D eigenvalue weighted by Crippen LogP contribution is 2.17. The second-order valence-corrected chi connectivity index (χ2v) is 3.19. The fourth-order valence-corrected chi connectivity index (χ4v) is 1.19. The molecule has 0 amide bonds. The van der Waals surface area contributed by atoms with Gasteiger partial charge in [0.05, 0.1) is 5.97 Å². The van der Waals surface area contributed by atoms with Gasteiger partial charge in [-0.2, -0.15) is 0 Å². The van der Waals surface area contributed by atoms with E-state index in [9.17, 15) is 9.90 Å². The quantitative estimate of drug-likeness (QED) is 0.711. The number of carbonyl (C=O) groups excluding carboxylic acids is 1. The first-order valence-corrected chi connectivity index (χ1v) is 4.07. The number of carboxylic acid groups (broad SMARTS) is 1. The number of hydrogen-bond acceptors (Lipinski definition) is 2. The molecule has 62 valence electrons. The predicted molar refractivity (Wildman–Crippen MR) is 48.2 cm³/mol. The fraction of sp³-hybridized carbons (Fsp3) is 0. The highest BCUT2D eigenvalue weighted by Gasteiger charge is 1.98. The molecule has 0 unspecified atom stereocenters. The lowest BCUT2D eigenvalue weighted by molar-refractivity contribution is -0.295. The minimum absolute atomic E-state index is 0.00343. The Morgan fingerprint density at radius 3 is 2.67 bits per heavy atom. The van der Waals surface area contributed by atoms with Crippen LogP contribution in [-0.4, -0.2) is 5.97 Å². The molecule has 3 heteroatoms. The third kappa shape index (κ3) is 1.95. The standard InChI is InChI=1S/C9H7BrO2/c1-6(9(11)12)7-3-2-4-8(10)5-7/h2-5H,1H2,(H,11,12)/p-1. The third-order valence-electron chi connectivity index (χ3n) is 1.42. The highest BCUT2D eigenvalue weighted by atomic mass is 79.9. The summed E-state index contributed by atoms with van der Waals surface area (Å²) in [6.45, 7) is 3.38. The van der Waals surface area contributed by atoms with E-state index in [-0.39, 0.29) is 5.57 Å². The van der Waals surface area contributed by atoms with Crippen LogP contribution >= 0.6 is 15.9 Å². The normalized spacial score (nSPS) is 9.42. The summed E-state index contributed by atoms with van der Waals surface area (Å²) in [5, 5.41) is 10.4. The number of benzene rings is 1. The maximum Gasteiger partial charge on any atom is 0.0715 e. The van der Waals surface area contributed by atoms with Gasteiger partial charge in [-0.3, -0.25) is 0 Å². The van der Waals surface area contributed by atoms with Crippen LogP contribution in [0, 0.1) is 0 Å². The maximum atomic E-state index is 10.4. The van der Waals surface area contributed by atoms with Crippen molar-refractivity contribution < 1.29 is 9.90 Å². The summed E-state index contributed by atoms with van der Waals surface area (Å²) in [5.74, 6) is -1.24. The van der Waals surface area contributed by atoms with Crippen molar-refractivity contribution in [1.29, 1.82) is 0 Å². The minimum Gasteiger partial charge on any atom is -0.545 e. The molecule has 0 bridgehead atoms. The van der Waals surface area contributed by atoms with Crippen molar-refractivity contribution in [3.63, 3.8) is 0 Å². The lowest BCUT2D eigenvalue weighted by Gasteiger charge is -2.06. The van der Waals surface area contributed by atoms with Gasteiger partial charge < -0.3 is 9.90 Å². The first-order chi connectivity index (χ1) is 5.61. The molecule has 0 N–H and O–H groups in total. The van der Waals surface area contributed by atoms with Gasteiger partial charge in [0.15, 0.2) is 0 Å². The van der Waals surface area contributed by atoms with Crippen molar-refractivity contribution >= 4 is 27.5 Å². The van der Waals surface area contributed by atoms with E-state index < -0.39 is 5.97 Å². The molecule has 1 aromatic carbocycles. The Morgan fingerprint density at radius 2 is 2.17 bits per heavy atom. The van der Waals surface area contributed by atoms with E-state index in [0.29, 0.717) is 5.56 Å². The number of carbonyl (C=O) groups is 1. The Morgan fingerprint density at radius 1 is 1.50 bits per heavy atom. The van der Waals surface area contributed by atoms with Gasteiger partial charge in [0.25, 0.3) is 0 Å². The van der Waals surface area contributed by atoms with Crippen molar-refractivity contribution in [1.82, 2.24) is 0 Å². The molecule has 0 aliphatic rings. The lowest BCUT2D eigenvalue weighted by Crippen LogP contribution is -2.22. The molecule has 0 heterocycles. The molecule has 0 saturated heterocycles. The van der Waals surface area contributed by atoms with Gasteiger partial charge in [-0.15, -0.1) is 0 Å². The van der Waals surface area contributed by atoms with Crippen LogP contribution in [-0.2, 0) is 4.79 Å². The van der Waals surface area contributed by atoms with Crippen LogP contribution in [0.25, 0.3) is 5.57 Å². The summed E-state index contributed by atoms with van der Waals surface area (Å²) < 4.78 is 0.822. The van der Waals surface area contributed by atoms with E-state index in [2.05, 4.69) is 22.5 Å². The molecule has 0 fully saturated rings. The Kier molecular flexibility index (Phi) is 2.65. The van der Waals surface area contributed by atoms with Crippen LogP contribution in [0.1, 0.15) is 5.56 Å². The number of hydrogen-bond donors (Lipinski definition) is 0. The van der Waals surface area contributed by atoms with E-state index in [0.717, 1.165) is 4.47 Å². The summed E-state index contributed by atoms with van der Waals surface area (Å²) in [6, 6.07) is 6.90. The number of halogens is 1. The first kappa shape index (κ1) is 9.00. The van der Waals surface area contributed by atoms with Crippen molar-refractivity contribution in [3.05, 3.63) is 40.9 Å². The van der Waals surface area contributed by atoms with Gasteiger partial charge in [-0.1, -0.05) is 34.6 Å². The van der Waals surface area contributed by atoms with Crippen molar-refractivity contribution in [2.24, 2.45) is 0 Å². The van der Waals surface area contributed by atoms with E-state index >= 15 is 0 Å². The Balaban J connectivity index is 3.04. The zero-order chi connectivity index (χ0) is 9.14. The first-order valence-electron chi connectivity index (χ1n) is 3.27. The molecule has 0 radical (unpaired) electrons. The Bertz CT molecular complexity index is 331. The molecule has 0 saturated carbocycles. The van der Waals surface area contributed by atoms with Crippen LogP contribution in [0.3, 0.4) is 0 Å². The zero-order valence-electron chi connectivity index (χ0n) is 6.21. The van der Waals surface area contributed by atoms with Crippen LogP contribution in [0.15, 0.2) is 35.3 Å². The van der Waals surface area contributed by atoms with Crippen LogP contribution in [0.2, 0.25) is 0 Å². The smallest absolute Gasteiger partial charge is 0.0715 e. The molecule has 12 heavy (non-hydrogen) atoms. The molecular weight excluding hydrogens is 220 g/mol. The molecule has 1 aromatic rings. The third-order valence-corrected chi connectivity index (χ3v) is 1.91. The molecule has 2 nitrogen and oxygen atoms in total. The minimum atomic E-state index is -1.24. The lowest BCUT2D eigenvalue weighted by atomic mass is 10.1. The van der Waals surface area contributed by atoms with Gasteiger partial charge in [0, 0.05) is 4.47 Å². The van der Waals surface area contributed by atoms with Gasteiger partial charge in [0.1, 0.15) is 0 Å².